The normalized spacial score (nSPS) is 17.4. The van der Waals surface area contributed by atoms with Gasteiger partial charge in [0.2, 0.25) is 0 Å². The van der Waals surface area contributed by atoms with Crippen LogP contribution in [-0.4, -0.2) is 18.7 Å². The van der Waals surface area contributed by atoms with E-state index in [9.17, 15) is 13.2 Å². The maximum absolute atomic E-state index is 12.5. The number of hydrogen-bond donors (Lipinski definition) is 0. The van der Waals surface area contributed by atoms with Crippen LogP contribution in [0.25, 0.3) is 11.1 Å². The lowest BCUT2D eigenvalue weighted by Gasteiger charge is -2.21. The average molecular weight is 309 g/mol. The van der Waals surface area contributed by atoms with Crippen LogP contribution in [0.4, 0.5) is 0 Å². The number of benzene rings is 1. The van der Waals surface area contributed by atoms with Crippen molar-refractivity contribution in [2.24, 2.45) is 13.0 Å². The minimum absolute atomic E-state index is 0.190. The highest BCUT2D eigenvalue weighted by Gasteiger charge is 2.23. The second kappa shape index (κ2) is 5.33. The van der Waals surface area contributed by atoms with E-state index in [-0.39, 0.29) is 16.6 Å². The Kier molecular flexibility index (Phi) is 3.65. The maximum Gasteiger partial charge on any atom is 0.419 e. The quantitative estimate of drug-likeness (QED) is 0.873. The molecule has 0 saturated heterocycles. The fourth-order valence-corrected chi connectivity index (χ4v) is 4.78. The summed E-state index contributed by atoms with van der Waals surface area (Å²) in [5, 5.41) is 0. The van der Waals surface area contributed by atoms with E-state index in [1.54, 1.807) is 19.2 Å². The molecule has 1 aromatic heterocycles. The molecule has 0 atom stereocenters. The monoisotopic (exact) mass is 309 g/mol. The third-order valence-corrected chi connectivity index (χ3v) is 6.19. The molecule has 1 aliphatic carbocycles. The van der Waals surface area contributed by atoms with E-state index in [0.29, 0.717) is 11.1 Å². The number of oxazole rings is 1. The largest absolute Gasteiger partial charge is 0.419 e. The van der Waals surface area contributed by atoms with Gasteiger partial charge >= 0.3 is 5.76 Å². The lowest BCUT2D eigenvalue weighted by molar-refractivity contribution is 0.385. The molecule has 1 heterocycles. The smallest absolute Gasteiger partial charge is 0.408 e. The zero-order chi connectivity index (χ0) is 15.0. The zero-order valence-electron chi connectivity index (χ0n) is 12.0. The molecule has 0 N–H and O–H groups in total. The number of sulfone groups is 1. The first kappa shape index (κ1) is 14.4. The number of rotatable bonds is 3. The third-order valence-electron chi connectivity index (χ3n) is 4.30. The van der Waals surface area contributed by atoms with E-state index < -0.39 is 15.6 Å². The van der Waals surface area contributed by atoms with Gasteiger partial charge in [0.15, 0.2) is 15.4 Å². The molecule has 0 unspecified atom stereocenters. The predicted octanol–water partition coefficient (Wildman–Crippen LogP) is 2.49. The van der Waals surface area contributed by atoms with Crippen molar-refractivity contribution in [3.05, 3.63) is 28.7 Å². The van der Waals surface area contributed by atoms with Crippen molar-refractivity contribution in [1.82, 2.24) is 4.57 Å². The number of aromatic nitrogens is 1. The van der Waals surface area contributed by atoms with Crippen LogP contribution in [0, 0.1) is 5.92 Å². The molecule has 1 fully saturated rings. The maximum atomic E-state index is 12.5. The van der Waals surface area contributed by atoms with Crippen LogP contribution < -0.4 is 5.76 Å². The van der Waals surface area contributed by atoms with Crippen molar-refractivity contribution in [2.75, 3.05) is 5.75 Å². The lowest BCUT2D eigenvalue weighted by atomic mass is 9.91. The van der Waals surface area contributed by atoms with Gasteiger partial charge in [-0.3, -0.25) is 4.57 Å². The molecule has 1 aromatic carbocycles. The summed E-state index contributed by atoms with van der Waals surface area (Å²) in [6, 6.07) is 4.67. The molecule has 1 saturated carbocycles. The summed E-state index contributed by atoms with van der Waals surface area (Å²) >= 11 is 0. The van der Waals surface area contributed by atoms with Crippen molar-refractivity contribution in [3.8, 4) is 0 Å². The van der Waals surface area contributed by atoms with Crippen LogP contribution in [0.1, 0.15) is 32.1 Å². The van der Waals surface area contributed by atoms with Gasteiger partial charge in [0.05, 0.1) is 16.2 Å². The lowest BCUT2D eigenvalue weighted by Crippen LogP contribution is -2.18. The minimum Gasteiger partial charge on any atom is -0.408 e. The molecular formula is C15H19NO4S. The zero-order valence-corrected chi connectivity index (χ0v) is 12.9. The van der Waals surface area contributed by atoms with E-state index >= 15 is 0 Å². The van der Waals surface area contributed by atoms with Crippen molar-refractivity contribution < 1.29 is 12.8 Å². The Morgan fingerprint density at radius 2 is 1.95 bits per heavy atom. The predicted molar refractivity (Wildman–Crippen MR) is 80.1 cm³/mol. The fraction of sp³-hybridized carbons (Fsp3) is 0.533. The number of nitrogens with zero attached hydrogens (tertiary/aromatic N) is 1. The molecule has 3 rings (SSSR count). The van der Waals surface area contributed by atoms with Gasteiger partial charge in [-0.1, -0.05) is 19.3 Å². The Morgan fingerprint density at radius 3 is 2.67 bits per heavy atom. The first-order valence-corrected chi connectivity index (χ1v) is 8.95. The topological polar surface area (TPSA) is 69.3 Å². The molecule has 6 heteroatoms. The molecule has 0 spiro atoms. The third kappa shape index (κ3) is 2.77. The standard InChI is InChI=1S/C15H19NO4S/c1-16-13-8-7-12(9-14(13)20-15(16)17)21(18,19)10-11-5-3-2-4-6-11/h7-9,11H,2-6,10H2,1H3. The van der Waals surface area contributed by atoms with Crippen LogP contribution in [0.3, 0.4) is 0 Å². The summed E-state index contributed by atoms with van der Waals surface area (Å²) in [5.74, 6) is -0.0377. The van der Waals surface area contributed by atoms with Gasteiger partial charge in [0.1, 0.15) is 0 Å². The van der Waals surface area contributed by atoms with Gasteiger partial charge in [-0.2, -0.15) is 0 Å². The summed E-state index contributed by atoms with van der Waals surface area (Å²) in [6.07, 6.45) is 5.42. The Bertz CT molecular complexity index is 810. The molecule has 0 amide bonds. The Labute approximate surface area is 123 Å². The Balaban J connectivity index is 1.92. The van der Waals surface area contributed by atoms with Crippen LogP contribution in [0.15, 0.2) is 32.3 Å². The molecule has 0 aliphatic heterocycles. The van der Waals surface area contributed by atoms with Crippen molar-refractivity contribution >= 4 is 20.9 Å². The molecule has 5 nitrogen and oxygen atoms in total. The molecule has 114 valence electrons. The summed E-state index contributed by atoms with van der Waals surface area (Å²) in [6.45, 7) is 0. The van der Waals surface area contributed by atoms with Crippen LogP contribution in [0.5, 0.6) is 0 Å². The number of fused-ring (bicyclic) bond motifs is 1. The number of hydrogen-bond acceptors (Lipinski definition) is 4. The van der Waals surface area contributed by atoms with Crippen molar-refractivity contribution in [1.29, 1.82) is 0 Å². The second-order valence-electron chi connectivity index (χ2n) is 5.84. The summed E-state index contributed by atoms with van der Waals surface area (Å²) in [5.41, 5.74) is 0.934. The Hall–Kier alpha value is -1.56. The van der Waals surface area contributed by atoms with Crippen LogP contribution >= 0.6 is 0 Å². The number of aryl methyl sites for hydroxylation is 1. The molecular weight excluding hydrogens is 290 g/mol. The Morgan fingerprint density at radius 1 is 1.24 bits per heavy atom. The second-order valence-corrected chi connectivity index (χ2v) is 7.88. The van der Waals surface area contributed by atoms with Gasteiger partial charge in [0, 0.05) is 13.1 Å². The first-order valence-electron chi connectivity index (χ1n) is 7.30. The van der Waals surface area contributed by atoms with Gasteiger partial charge in [-0.05, 0) is 30.9 Å². The van der Waals surface area contributed by atoms with E-state index in [0.717, 1.165) is 25.7 Å². The summed E-state index contributed by atoms with van der Waals surface area (Å²) in [7, 11) is -1.72. The first-order chi connectivity index (χ1) is 9.97. The molecule has 2 aromatic rings. The molecule has 21 heavy (non-hydrogen) atoms. The summed E-state index contributed by atoms with van der Waals surface area (Å²) < 4.78 is 31.5. The average Bonchev–Trinajstić information content (AvgIpc) is 2.74. The van der Waals surface area contributed by atoms with E-state index in [4.69, 9.17) is 4.42 Å². The van der Waals surface area contributed by atoms with Crippen molar-refractivity contribution in [2.45, 2.75) is 37.0 Å². The molecule has 0 radical (unpaired) electrons. The van der Waals surface area contributed by atoms with Gasteiger partial charge in [0.25, 0.3) is 0 Å². The van der Waals surface area contributed by atoms with E-state index in [2.05, 4.69) is 0 Å². The van der Waals surface area contributed by atoms with E-state index in [1.165, 1.54) is 17.1 Å². The van der Waals surface area contributed by atoms with Crippen LogP contribution in [0.2, 0.25) is 0 Å². The van der Waals surface area contributed by atoms with Crippen LogP contribution in [-0.2, 0) is 16.9 Å². The van der Waals surface area contributed by atoms with Gasteiger partial charge in [-0.15, -0.1) is 0 Å². The minimum atomic E-state index is -3.33. The van der Waals surface area contributed by atoms with Gasteiger partial charge in [-0.25, -0.2) is 13.2 Å². The highest BCUT2D eigenvalue weighted by Crippen LogP contribution is 2.28. The van der Waals surface area contributed by atoms with Crippen molar-refractivity contribution in [3.63, 3.8) is 0 Å². The summed E-state index contributed by atoms with van der Waals surface area (Å²) in [4.78, 5) is 11.7. The highest BCUT2D eigenvalue weighted by atomic mass is 32.2. The highest BCUT2D eigenvalue weighted by molar-refractivity contribution is 7.91. The molecule has 1 aliphatic rings. The molecule has 0 bridgehead atoms. The SMILES string of the molecule is Cn1c(=O)oc2cc(S(=O)(=O)CC3CCCCC3)ccc21. The van der Waals surface area contributed by atoms with E-state index in [1.807, 2.05) is 0 Å². The van der Waals surface area contributed by atoms with Gasteiger partial charge < -0.3 is 4.42 Å². The fourth-order valence-electron chi connectivity index (χ4n) is 3.07.